The highest BCUT2D eigenvalue weighted by Gasteiger charge is 2.09. The Morgan fingerprint density at radius 2 is 1.60 bits per heavy atom. The number of aromatic nitrogens is 1. The lowest BCUT2D eigenvalue weighted by Gasteiger charge is -2.12. The Morgan fingerprint density at radius 3 is 2.37 bits per heavy atom. The molecule has 0 spiro atoms. The molecule has 0 atom stereocenters. The molecule has 0 radical (unpaired) electrons. The quantitative estimate of drug-likeness (QED) is 0.417. The zero-order valence-corrected chi connectivity index (χ0v) is 18.7. The van der Waals surface area contributed by atoms with Crippen LogP contribution in [0.4, 0.5) is 0 Å². The summed E-state index contributed by atoms with van der Waals surface area (Å²) >= 11 is 6.19. The van der Waals surface area contributed by atoms with Crippen LogP contribution in [0.15, 0.2) is 91.1 Å². The second-order valence-corrected chi connectivity index (χ2v) is 7.90. The van der Waals surface area contributed by atoms with Gasteiger partial charge in [0.2, 0.25) is 0 Å². The van der Waals surface area contributed by atoms with E-state index in [0.717, 1.165) is 29.7 Å². The molecule has 0 N–H and O–H groups in total. The molecule has 0 saturated heterocycles. The summed E-state index contributed by atoms with van der Waals surface area (Å²) in [5, 5.41) is 0.695. The third-order valence-electron chi connectivity index (χ3n) is 5.13. The highest BCUT2D eigenvalue weighted by Crippen LogP contribution is 2.26. The molecule has 0 aliphatic carbocycles. The van der Waals surface area contributed by atoms with Crippen LogP contribution in [0.25, 0.3) is 5.57 Å². The maximum absolute atomic E-state index is 6.19. The molecule has 0 aliphatic rings. The summed E-state index contributed by atoms with van der Waals surface area (Å²) in [5.74, 6) is 0. The predicted molar refractivity (Wildman–Crippen MR) is 129 cm³/mol. The number of hydrogen-bond donors (Lipinski definition) is 0. The number of hydrogen-bond acceptors (Lipinski definition) is 1. The van der Waals surface area contributed by atoms with E-state index in [-0.39, 0.29) is 0 Å². The first kappa shape index (κ1) is 21.8. The minimum absolute atomic E-state index is 0.695. The van der Waals surface area contributed by atoms with Gasteiger partial charge in [0.05, 0.1) is 5.69 Å². The predicted octanol–water partition coefficient (Wildman–Crippen LogP) is 7.71. The van der Waals surface area contributed by atoms with Crippen molar-refractivity contribution in [3.63, 3.8) is 0 Å². The molecular formula is C28H28ClN. The second kappa shape index (κ2) is 10.8. The van der Waals surface area contributed by atoms with Crippen molar-refractivity contribution < 1.29 is 0 Å². The maximum Gasteiger partial charge on any atom is 0.0704 e. The largest absolute Gasteiger partial charge is 0.256 e. The molecule has 3 aromatic rings. The fraction of sp³-hybridized carbons (Fsp3) is 0.179. The van der Waals surface area contributed by atoms with Gasteiger partial charge in [-0.3, -0.25) is 4.98 Å². The molecule has 1 aromatic heterocycles. The topological polar surface area (TPSA) is 12.9 Å². The van der Waals surface area contributed by atoms with Crippen molar-refractivity contribution in [2.75, 3.05) is 0 Å². The van der Waals surface area contributed by atoms with Gasteiger partial charge in [-0.05, 0) is 85.7 Å². The lowest BCUT2D eigenvalue weighted by Crippen LogP contribution is -1.97. The molecule has 30 heavy (non-hydrogen) atoms. The van der Waals surface area contributed by atoms with Crippen LogP contribution < -0.4 is 0 Å². The van der Waals surface area contributed by atoms with Gasteiger partial charge in [-0.15, -0.1) is 0 Å². The summed E-state index contributed by atoms with van der Waals surface area (Å²) in [6.07, 6.45) is 6.00. The smallest absolute Gasteiger partial charge is 0.0704 e. The van der Waals surface area contributed by atoms with E-state index in [4.69, 9.17) is 16.6 Å². The van der Waals surface area contributed by atoms with Crippen molar-refractivity contribution in [2.45, 2.75) is 33.6 Å². The molecule has 0 aliphatic heterocycles. The molecule has 0 bridgehead atoms. The monoisotopic (exact) mass is 413 g/mol. The van der Waals surface area contributed by atoms with Gasteiger partial charge in [0.15, 0.2) is 0 Å². The first-order chi connectivity index (χ1) is 14.6. The van der Waals surface area contributed by atoms with Crippen molar-refractivity contribution in [2.24, 2.45) is 0 Å². The molecule has 0 saturated carbocycles. The summed E-state index contributed by atoms with van der Waals surface area (Å²) < 4.78 is 0. The van der Waals surface area contributed by atoms with E-state index in [1.165, 1.54) is 22.3 Å². The third kappa shape index (κ3) is 6.05. The number of allylic oxidation sites excluding steroid dienone is 1. The third-order valence-corrected chi connectivity index (χ3v) is 5.36. The minimum atomic E-state index is 0.695. The number of benzene rings is 2. The zero-order valence-electron chi connectivity index (χ0n) is 17.9. The Bertz CT molecular complexity index is 1080. The van der Waals surface area contributed by atoms with Crippen molar-refractivity contribution in [1.29, 1.82) is 0 Å². The summed E-state index contributed by atoms with van der Waals surface area (Å²) in [7, 11) is 0. The standard InChI is InChI=1S/C28H28ClN/c1-4-26(28-17-12-21(2)19-25(29)11-8-18-30-28)27-20-24(14-13-22(27)3)16-15-23-9-6-5-7-10-23/h4-14,17-20H,15-16H2,1-3H3/b11-8?,17-12?,18-8?,21-12?,21-19?,25-11?,25-19?,26-4+,28-17?,30-18?,30-28?. The number of nitrogens with zero attached hydrogens (tertiary/aromatic N) is 1. The van der Waals surface area contributed by atoms with Gasteiger partial charge in [-0.2, -0.15) is 0 Å². The molecule has 2 aromatic carbocycles. The SMILES string of the molecule is C/C=C(/c1ccc(C)cc(Cl)cccn1)c1cc(CCc2ccccc2)ccc1C. The van der Waals surface area contributed by atoms with E-state index in [2.05, 4.69) is 80.6 Å². The molecule has 2 heteroatoms. The Hall–Kier alpha value is -2.90. The Morgan fingerprint density at radius 1 is 0.833 bits per heavy atom. The van der Waals surface area contributed by atoms with E-state index in [0.29, 0.717) is 5.02 Å². The molecule has 0 amide bonds. The number of rotatable bonds is 5. The van der Waals surface area contributed by atoms with Crippen molar-refractivity contribution in [3.05, 3.63) is 130 Å². The first-order valence-electron chi connectivity index (χ1n) is 10.3. The van der Waals surface area contributed by atoms with Crippen LogP contribution in [0.3, 0.4) is 0 Å². The average Bonchev–Trinajstić information content (AvgIpc) is 2.75. The van der Waals surface area contributed by atoms with Gasteiger partial charge in [-0.1, -0.05) is 72.3 Å². The van der Waals surface area contributed by atoms with Gasteiger partial charge >= 0.3 is 0 Å². The molecule has 3 rings (SSSR count). The zero-order chi connectivity index (χ0) is 21.3. The number of halogens is 1. The normalized spacial score (nSPS) is 11.1. The van der Waals surface area contributed by atoms with Crippen LogP contribution in [0, 0.1) is 13.8 Å². The van der Waals surface area contributed by atoms with E-state index in [1.54, 1.807) is 6.20 Å². The molecule has 1 nitrogen and oxygen atoms in total. The van der Waals surface area contributed by atoms with Gasteiger partial charge in [0.25, 0.3) is 0 Å². The van der Waals surface area contributed by atoms with E-state index < -0.39 is 0 Å². The molecule has 1 heterocycles. The van der Waals surface area contributed by atoms with Crippen LogP contribution in [0.2, 0.25) is 5.02 Å². The maximum atomic E-state index is 6.19. The second-order valence-electron chi connectivity index (χ2n) is 7.47. The Kier molecular flexibility index (Phi) is 7.82. The molecule has 0 unspecified atom stereocenters. The summed E-state index contributed by atoms with van der Waals surface area (Å²) in [5.41, 5.74) is 8.35. The van der Waals surface area contributed by atoms with Crippen molar-refractivity contribution in [1.82, 2.24) is 4.98 Å². The van der Waals surface area contributed by atoms with Crippen LogP contribution in [-0.2, 0) is 12.8 Å². The summed E-state index contributed by atoms with van der Waals surface area (Å²) in [6.45, 7) is 6.28. The van der Waals surface area contributed by atoms with Gasteiger partial charge in [-0.25, -0.2) is 0 Å². The summed E-state index contributed by atoms with van der Waals surface area (Å²) in [4.78, 5) is 4.72. The van der Waals surface area contributed by atoms with Crippen molar-refractivity contribution >= 4 is 17.2 Å². The van der Waals surface area contributed by atoms with Crippen LogP contribution in [-0.4, -0.2) is 4.98 Å². The number of aryl methyl sites for hydroxylation is 4. The van der Waals surface area contributed by atoms with E-state index in [9.17, 15) is 0 Å². The molecular weight excluding hydrogens is 386 g/mol. The van der Waals surface area contributed by atoms with E-state index in [1.807, 2.05) is 25.1 Å². The molecule has 0 fully saturated rings. The lowest BCUT2D eigenvalue weighted by molar-refractivity contribution is 0.958. The lowest BCUT2D eigenvalue weighted by atomic mass is 9.93. The van der Waals surface area contributed by atoms with Crippen LogP contribution in [0.1, 0.15) is 40.4 Å². The van der Waals surface area contributed by atoms with Gasteiger partial charge in [0.1, 0.15) is 0 Å². The Labute approximate surface area is 185 Å². The minimum Gasteiger partial charge on any atom is -0.256 e. The molecule has 152 valence electrons. The summed E-state index contributed by atoms with van der Waals surface area (Å²) in [6, 6.07) is 27.2. The van der Waals surface area contributed by atoms with Crippen LogP contribution >= 0.6 is 11.6 Å². The highest BCUT2D eigenvalue weighted by atomic mass is 35.5. The first-order valence-corrected chi connectivity index (χ1v) is 10.7. The fourth-order valence-corrected chi connectivity index (χ4v) is 3.72. The highest BCUT2D eigenvalue weighted by molar-refractivity contribution is 6.30. The van der Waals surface area contributed by atoms with Gasteiger partial charge in [0, 0.05) is 16.8 Å². The van der Waals surface area contributed by atoms with Crippen molar-refractivity contribution in [3.8, 4) is 0 Å². The Balaban J connectivity index is 1.96. The van der Waals surface area contributed by atoms with Crippen LogP contribution in [0.5, 0.6) is 0 Å². The van der Waals surface area contributed by atoms with Gasteiger partial charge < -0.3 is 0 Å². The van der Waals surface area contributed by atoms with E-state index >= 15 is 0 Å². The fourth-order valence-electron chi connectivity index (χ4n) is 3.47. The average molecular weight is 414 g/mol.